The van der Waals surface area contributed by atoms with Gasteiger partial charge in [0.2, 0.25) is 6.04 Å². The monoisotopic (exact) mass is 632 g/mol. The second kappa shape index (κ2) is 15.2. The van der Waals surface area contributed by atoms with Crippen LogP contribution in [0.5, 0.6) is 11.5 Å². The number of methoxy groups -OCH3 is 4. The topological polar surface area (TPSA) is 171 Å². The highest BCUT2D eigenvalue weighted by atomic mass is 35.5. The predicted molar refractivity (Wildman–Crippen MR) is 158 cm³/mol. The van der Waals surface area contributed by atoms with Crippen LogP contribution in [0.2, 0.25) is 5.02 Å². The van der Waals surface area contributed by atoms with E-state index in [1.54, 1.807) is 30.3 Å². The maximum atomic E-state index is 13.2. The largest absolute Gasteiger partial charge is 0.495 e. The second-order valence-corrected chi connectivity index (χ2v) is 10.8. The molecule has 0 heterocycles. The molecule has 0 aliphatic carbocycles. The Bertz CT molecular complexity index is 1620. The number of para-hydroxylation sites is 1. The average Bonchev–Trinajstić information content (AvgIpc) is 2.98. The Morgan fingerprint density at radius 3 is 2.16 bits per heavy atom. The van der Waals surface area contributed by atoms with Gasteiger partial charge in [-0.2, -0.15) is 10.2 Å². The summed E-state index contributed by atoms with van der Waals surface area (Å²) < 4.78 is 49.1. The molecule has 13 nitrogen and oxygen atoms in total. The van der Waals surface area contributed by atoms with Crippen molar-refractivity contribution in [3.8, 4) is 11.5 Å². The molecule has 228 valence electrons. The fourth-order valence-corrected chi connectivity index (χ4v) is 5.15. The van der Waals surface area contributed by atoms with E-state index in [4.69, 9.17) is 30.5 Å². The summed E-state index contributed by atoms with van der Waals surface area (Å²) in [7, 11) is 1.05. The fraction of sp³-hybridized carbons (Fsp3) is 0.250. The third-order valence-corrected chi connectivity index (χ3v) is 7.44. The fourth-order valence-electron chi connectivity index (χ4n) is 3.70. The first-order valence-corrected chi connectivity index (χ1v) is 14.3. The van der Waals surface area contributed by atoms with Crippen molar-refractivity contribution in [3.05, 3.63) is 71.2 Å². The molecule has 3 rings (SSSR count). The van der Waals surface area contributed by atoms with E-state index in [1.165, 1.54) is 58.8 Å². The van der Waals surface area contributed by atoms with Gasteiger partial charge >= 0.3 is 0 Å². The van der Waals surface area contributed by atoms with Crippen molar-refractivity contribution in [2.75, 3.05) is 51.7 Å². The SMILES string of the molecule is COCC(=O)c1cc(NC(=O)C(N=Nc2cc(OC)c(S(=O)(=O)Nc3ccccc3)cc2OC)C(=O)COC)ccc1Cl. The average molecular weight is 633 g/mol. The van der Waals surface area contributed by atoms with Gasteiger partial charge in [0.05, 0.1) is 19.2 Å². The summed E-state index contributed by atoms with van der Waals surface area (Å²) in [5.74, 6) is -2.16. The number of hydrogen-bond acceptors (Lipinski definition) is 11. The van der Waals surface area contributed by atoms with Crippen molar-refractivity contribution in [2.45, 2.75) is 10.9 Å². The molecular formula is C28H29ClN4O9S. The number of benzene rings is 3. The number of anilines is 2. The highest BCUT2D eigenvalue weighted by Gasteiger charge is 2.28. The normalized spacial score (nSPS) is 12.0. The highest BCUT2D eigenvalue weighted by molar-refractivity contribution is 7.92. The molecule has 3 aromatic rings. The minimum absolute atomic E-state index is 0.0278. The van der Waals surface area contributed by atoms with E-state index in [-0.39, 0.29) is 45.0 Å². The standard InChI is InChI=1S/C28H29ClN4O9S/c1-39-15-22(34)19-12-18(10-11-20(19)29)30-28(36)27(23(35)16-40-2)32-31-21-13-25(42-4)26(14-24(21)41-3)43(37,38)33-17-8-6-5-7-9-17/h5-14,27,33H,15-16H2,1-4H3,(H,30,36). The second-order valence-electron chi connectivity index (χ2n) is 8.70. The first-order chi connectivity index (χ1) is 20.5. The lowest BCUT2D eigenvalue weighted by molar-refractivity contribution is -0.129. The summed E-state index contributed by atoms with van der Waals surface area (Å²) in [6.07, 6.45) is 0. The van der Waals surface area contributed by atoms with Gasteiger partial charge in [-0.15, -0.1) is 0 Å². The Kier molecular flexibility index (Phi) is 11.7. The predicted octanol–water partition coefficient (Wildman–Crippen LogP) is 4.29. The van der Waals surface area contributed by atoms with Crippen molar-refractivity contribution < 1.29 is 41.7 Å². The summed E-state index contributed by atoms with van der Waals surface area (Å²) in [6.45, 7) is -0.688. The molecule has 0 spiro atoms. The van der Waals surface area contributed by atoms with Crippen LogP contribution in [0.4, 0.5) is 17.1 Å². The van der Waals surface area contributed by atoms with Crippen LogP contribution in [0.15, 0.2) is 75.8 Å². The Morgan fingerprint density at radius 2 is 1.53 bits per heavy atom. The summed E-state index contributed by atoms with van der Waals surface area (Å²) in [6, 6.07) is 13.2. The van der Waals surface area contributed by atoms with Crippen LogP contribution >= 0.6 is 11.6 Å². The van der Waals surface area contributed by atoms with Crippen LogP contribution in [0.25, 0.3) is 0 Å². The lowest BCUT2D eigenvalue weighted by Gasteiger charge is -2.15. The van der Waals surface area contributed by atoms with Gasteiger partial charge in [0.25, 0.3) is 15.9 Å². The van der Waals surface area contributed by atoms with E-state index in [0.29, 0.717) is 5.69 Å². The Hall–Kier alpha value is -4.37. The number of nitrogens with zero attached hydrogens (tertiary/aromatic N) is 2. The molecule has 1 unspecified atom stereocenters. The molecule has 0 fully saturated rings. The lowest BCUT2D eigenvalue weighted by atomic mass is 10.1. The quantitative estimate of drug-likeness (QED) is 0.141. The maximum Gasteiger partial charge on any atom is 0.265 e. The van der Waals surface area contributed by atoms with E-state index >= 15 is 0 Å². The summed E-state index contributed by atoms with van der Waals surface area (Å²) in [5.41, 5.74) is 0.573. The number of sulfonamides is 1. The Morgan fingerprint density at radius 1 is 0.860 bits per heavy atom. The van der Waals surface area contributed by atoms with Gasteiger partial charge in [-0.05, 0) is 30.3 Å². The number of halogens is 1. The van der Waals surface area contributed by atoms with Gasteiger partial charge < -0.3 is 24.3 Å². The number of amides is 1. The van der Waals surface area contributed by atoms with Crippen molar-refractivity contribution in [1.29, 1.82) is 0 Å². The lowest BCUT2D eigenvalue weighted by Crippen LogP contribution is -2.35. The molecule has 3 aromatic carbocycles. The molecule has 1 atom stereocenters. The molecule has 0 bridgehead atoms. The summed E-state index contributed by atoms with van der Waals surface area (Å²) in [4.78, 5) is 38.0. The molecule has 0 radical (unpaired) electrons. The number of carbonyl (C=O) groups is 3. The number of nitrogens with one attached hydrogen (secondary N) is 2. The zero-order chi connectivity index (χ0) is 31.6. The van der Waals surface area contributed by atoms with E-state index < -0.39 is 40.1 Å². The van der Waals surface area contributed by atoms with Crippen molar-refractivity contribution >= 4 is 56.2 Å². The number of carbonyl (C=O) groups excluding carboxylic acids is 3. The first-order valence-electron chi connectivity index (χ1n) is 12.4. The van der Waals surface area contributed by atoms with Crippen LogP contribution in [0.3, 0.4) is 0 Å². The van der Waals surface area contributed by atoms with Gasteiger partial charge in [-0.25, -0.2) is 8.42 Å². The van der Waals surface area contributed by atoms with Gasteiger partial charge in [-0.3, -0.25) is 19.1 Å². The maximum absolute atomic E-state index is 13.2. The minimum atomic E-state index is -4.13. The highest BCUT2D eigenvalue weighted by Crippen LogP contribution is 2.38. The molecule has 2 N–H and O–H groups in total. The number of rotatable bonds is 15. The number of Topliss-reactive ketones (excluding diaryl/α,β-unsaturated/α-hetero) is 2. The third-order valence-electron chi connectivity index (χ3n) is 5.71. The van der Waals surface area contributed by atoms with Gasteiger partial charge in [0.1, 0.15) is 35.3 Å². The number of ketones is 2. The molecule has 0 aromatic heterocycles. The zero-order valence-electron chi connectivity index (χ0n) is 23.6. The smallest absolute Gasteiger partial charge is 0.265 e. The first kappa shape index (κ1) is 33.1. The Labute approximate surface area is 253 Å². The molecule has 0 aliphatic heterocycles. The zero-order valence-corrected chi connectivity index (χ0v) is 25.2. The summed E-state index contributed by atoms with van der Waals surface area (Å²) >= 11 is 6.11. The summed E-state index contributed by atoms with van der Waals surface area (Å²) in [5, 5.41) is 10.6. The molecular weight excluding hydrogens is 604 g/mol. The van der Waals surface area contributed by atoms with Gasteiger partial charge in [0.15, 0.2) is 11.6 Å². The molecule has 1 amide bonds. The molecule has 0 aliphatic rings. The van der Waals surface area contributed by atoms with Crippen LogP contribution in [0, 0.1) is 0 Å². The van der Waals surface area contributed by atoms with Gasteiger partial charge in [-0.1, -0.05) is 29.8 Å². The number of ether oxygens (including phenoxy) is 4. The number of hydrogen-bond donors (Lipinski definition) is 2. The molecule has 0 saturated carbocycles. The van der Waals surface area contributed by atoms with Crippen LogP contribution in [-0.2, 0) is 29.1 Å². The van der Waals surface area contributed by atoms with Gasteiger partial charge in [0, 0.05) is 43.3 Å². The van der Waals surface area contributed by atoms with Crippen LogP contribution in [-0.4, -0.2) is 73.6 Å². The van der Waals surface area contributed by atoms with E-state index in [0.717, 1.165) is 0 Å². The molecule has 15 heteroatoms. The van der Waals surface area contributed by atoms with Crippen LogP contribution < -0.4 is 19.5 Å². The molecule has 0 saturated heterocycles. The Balaban J connectivity index is 1.95. The third kappa shape index (κ3) is 8.58. The minimum Gasteiger partial charge on any atom is -0.495 e. The van der Waals surface area contributed by atoms with E-state index in [2.05, 4.69) is 20.3 Å². The van der Waals surface area contributed by atoms with Crippen molar-refractivity contribution in [3.63, 3.8) is 0 Å². The van der Waals surface area contributed by atoms with E-state index in [1.807, 2.05) is 0 Å². The number of azo groups is 1. The van der Waals surface area contributed by atoms with Crippen molar-refractivity contribution in [1.82, 2.24) is 0 Å². The van der Waals surface area contributed by atoms with Crippen molar-refractivity contribution in [2.24, 2.45) is 10.2 Å². The molecule has 43 heavy (non-hydrogen) atoms. The van der Waals surface area contributed by atoms with Crippen LogP contribution in [0.1, 0.15) is 10.4 Å². The van der Waals surface area contributed by atoms with E-state index in [9.17, 15) is 22.8 Å².